The molecular weight excluding hydrogens is 381 g/mol. The lowest BCUT2D eigenvalue weighted by Crippen LogP contribution is -2.30. The third-order valence-corrected chi connectivity index (χ3v) is 8.67. The van der Waals surface area contributed by atoms with Crippen molar-refractivity contribution in [3.63, 3.8) is 0 Å². The summed E-state index contributed by atoms with van der Waals surface area (Å²) < 4.78 is 65.6. The number of benzene rings is 1. The zero-order valence-corrected chi connectivity index (χ0v) is 15.6. The highest BCUT2D eigenvalue weighted by Gasteiger charge is 2.50. The van der Waals surface area contributed by atoms with Crippen LogP contribution < -0.4 is 0 Å². The number of aliphatic hydroxyl groups is 2. The normalized spacial score (nSPS) is 14.1. The topological polar surface area (TPSA) is 83.8 Å². The van der Waals surface area contributed by atoms with Gasteiger partial charge in [0.15, 0.2) is 0 Å². The van der Waals surface area contributed by atoms with E-state index in [9.17, 15) is 31.8 Å². The monoisotopic (exact) mass is 404 g/mol. The third-order valence-electron chi connectivity index (χ3n) is 3.52. The summed E-state index contributed by atoms with van der Waals surface area (Å²) in [7, 11) is -8.76. The fourth-order valence-electron chi connectivity index (χ4n) is 2.20. The molecule has 0 saturated heterocycles. The number of hydrogen-bond acceptors (Lipinski definition) is 5. The number of aliphatic hydroxyl groups excluding tert-OH is 2. The second kappa shape index (κ2) is 8.72. The SMILES string of the molecule is CC(C)c1ccc(CS(CCO)(CCO)OS(=O)(=O)C(F)(F)F)cc1. The molecule has 0 bridgehead atoms. The van der Waals surface area contributed by atoms with Gasteiger partial charge in [0, 0.05) is 17.3 Å². The van der Waals surface area contributed by atoms with Crippen LogP contribution in [0.2, 0.25) is 0 Å². The summed E-state index contributed by atoms with van der Waals surface area (Å²) in [6.45, 7) is 2.88. The Morgan fingerprint density at radius 1 is 1.04 bits per heavy atom. The van der Waals surface area contributed by atoms with Crippen LogP contribution in [0.25, 0.3) is 0 Å². The molecule has 25 heavy (non-hydrogen) atoms. The lowest BCUT2D eigenvalue weighted by atomic mass is 10.0. The van der Waals surface area contributed by atoms with Crippen LogP contribution in [0.1, 0.15) is 30.9 Å². The van der Waals surface area contributed by atoms with Crippen molar-refractivity contribution in [3.05, 3.63) is 35.4 Å². The molecule has 0 unspecified atom stereocenters. The lowest BCUT2D eigenvalue weighted by Gasteiger charge is -2.37. The van der Waals surface area contributed by atoms with Crippen molar-refractivity contribution in [2.75, 3.05) is 24.7 Å². The van der Waals surface area contributed by atoms with Crippen molar-refractivity contribution in [1.82, 2.24) is 0 Å². The first-order chi connectivity index (χ1) is 11.5. The van der Waals surface area contributed by atoms with Gasteiger partial charge in [0.2, 0.25) is 0 Å². The Bertz CT molecular complexity index is 636. The summed E-state index contributed by atoms with van der Waals surface area (Å²) in [6.07, 6.45) is 0. The Morgan fingerprint density at radius 2 is 1.52 bits per heavy atom. The van der Waals surface area contributed by atoms with E-state index in [0.717, 1.165) is 5.56 Å². The minimum atomic E-state index is -5.83. The average Bonchev–Trinajstić information content (AvgIpc) is 2.46. The molecule has 0 saturated carbocycles. The molecule has 1 aromatic rings. The standard InChI is InChI=1S/C15H23F3O5S2/c1-12(2)14-5-3-13(4-6-14)11-24(9-7-19,10-8-20)23-25(21,22)15(16,17)18/h3-6,12,19-20H,7-11H2,1-2H3. The predicted molar refractivity (Wildman–Crippen MR) is 91.8 cm³/mol. The van der Waals surface area contributed by atoms with Gasteiger partial charge in [-0.05, 0) is 17.0 Å². The Balaban J connectivity index is 3.18. The molecule has 10 heteroatoms. The van der Waals surface area contributed by atoms with E-state index >= 15 is 0 Å². The lowest BCUT2D eigenvalue weighted by molar-refractivity contribution is -0.0496. The van der Waals surface area contributed by atoms with Crippen molar-refractivity contribution in [2.45, 2.75) is 31.0 Å². The van der Waals surface area contributed by atoms with Gasteiger partial charge >= 0.3 is 15.6 Å². The minimum Gasteiger partial charge on any atom is -0.395 e. The molecule has 1 rings (SSSR count). The molecule has 2 N–H and O–H groups in total. The van der Waals surface area contributed by atoms with Crippen LogP contribution in [-0.2, 0) is 19.5 Å². The van der Waals surface area contributed by atoms with E-state index in [1.807, 2.05) is 13.8 Å². The van der Waals surface area contributed by atoms with Gasteiger partial charge in [0.25, 0.3) is 0 Å². The van der Waals surface area contributed by atoms with Crippen LogP contribution >= 0.6 is 10.3 Å². The summed E-state index contributed by atoms with van der Waals surface area (Å²) in [5, 5.41) is 18.4. The van der Waals surface area contributed by atoms with Gasteiger partial charge in [-0.15, -0.1) is 10.3 Å². The van der Waals surface area contributed by atoms with E-state index in [1.165, 1.54) is 0 Å². The molecule has 0 amide bonds. The van der Waals surface area contributed by atoms with Crippen LogP contribution in [0, 0.1) is 0 Å². The highest BCUT2D eigenvalue weighted by molar-refractivity contribution is 8.32. The zero-order chi connectivity index (χ0) is 19.3. The maximum atomic E-state index is 12.7. The number of rotatable bonds is 9. The Labute approximate surface area is 147 Å². The van der Waals surface area contributed by atoms with Gasteiger partial charge in [0.1, 0.15) is 0 Å². The van der Waals surface area contributed by atoms with E-state index < -0.39 is 39.1 Å². The second-order valence-electron chi connectivity index (χ2n) is 5.83. The number of alkyl halides is 3. The van der Waals surface area contributed by atoms with E-state index in [1.54, 1.807) is 24.3 Å². The second-order valence-corrected chi connectivity index (χ2v) is 10.8. The van der Waals surface area contributed by atoms with Crippen LogP contribution in [0.15, 0.2) is 24.3 Å². The summed E-state index contributed by atoms with van der Waals surface area (Å²) in [4.78, 5) is 0. The Morgan fingerprint density at radius 3 is 1.88 bits per heavy atom. The van der Waals surface area contributed by atoms with Gasteiger partial charge in [-0.1, -0.05) is 38.1 Å². The first-order valence-corrected chi connectivity index (χ1v) is 11.0. The minimum absolute atomic E-state index is 0.109. The maximum absolute atomic E-state index is 12.7. The summed E-state index contributed by atoms with van der Waals surface area (Å²) >= 11 is 0. The molecule has 0 aliphatic rings. The van der Waals surface area contributed by atoms with Gasteiger partial charge in [0.05, 0.1) is 13.2 Å². The number of halogens is 3. The zero-order valence-electron chi connectivity index (χ0n) is 14.0. The van der Waals surface area contributed by atoms with Gasteiger partial charge < -0.3 is 10.2 Å². The third kappa shape index (κ3) is 6.14. The largest absolute Gasteiger partial charge is 0.523 e. The molecule has 0 aromatic heterocycles. The molecule has 0 fully saturated rings. The fraction of sp³-hybridized carbons (Fsp3) is 0.600. The first-order valence-electron chi connectivity index (χ1n) is 7.55. The van der Waals surface area contributed by atoms with Crippen molar-refractivity contribution in [2.24, 2.45) is 0 Å². The molecule has 0 atom stereocenters. The molecule has 146 valence electrons. The average molecular weight is 404 g/mol. The smallest absolute Gasteiger partial charge is 0.395 e. The summed E-state index contributed by atoms with van der Waals surface area (Å²) in [6, 6.07) is 6.99. The predicted octanol–water partition coefficient (Wildman–Crippen LogP) is 2.88. The van der Waals surface area contributed by atoms with E-state index in [2.05, 4.69) is 3.63 Å². The molecule has 0 radical (unpaired) electrons. The van der Waals surface area contributed by atoms with Gasteiger partial charge in [-0.2, -0.15) is 21.6 Å². The quantitative estimate of drug-likeness (QED) is 0.619. The van der Waals surface area contributed by atoms with E-state index in [0.29, 0.717) is 5.56 Å². The van der Waals surface area contributed by atoms with E-state index in [4.69, 9.17) is 0 Å². The summed E-state index contributed by atoms with van der Waals surface area (Å²) in [5.41, 5.74) is -3.95. The molecule has 5 nitrogen and oxygen atoms in total. The molecule has 0 spiro atoms. The van der Waals surface area contributed by atoms with Crippen LogP contribution in [-0.4, -0.2) is 48.9 Å². The van der Waals surface area contributed by atoms with Gasteiger partial charge in [-0.3, -0.25) is 0 Å². The molecule has 0 heterocycles. The molecular formula is C15H23F3O5S2. The Hall–Kier alpha value is -0.810. The number of hydrogen-bond donors (Lipinski definition) is 2. The Kier molecular flexibility index (Phi) is 7.75. The van der Waals surface area contributed by atoms with Crippen molar-refractivity contribution >= 4 is 20.4 Å². The molecule has 0 aliphatic heterocycles. The van der Waals surface area contributed by atoms with Crippen molar-refractivity contribution < 1.29 is 35.4 Å². The molecule has 0 aliphatic carbocycles. The van der Waals surface area contributed by atoms with Crippen LogP contribution in [0.5, 0.6) is 0 Å². The van der Waals surface area contributed by atoms with Crippen molar-refractivity contribution in [1.29, 1.82) is 0 Å². The highest BCUT2D eigenvalue weighted by Crippen LogP contribution is 2.54. The van der Waals surface area contributed by atoms with Gasteiger partial charge in [-0.25, -0.2) is 3.63 Å². The highest BCUT2D eigenvalue weighted by atomic mass is 32.3. The summed E-state index contributed by atoms with van der Waals surface area (Å²) in [5.74, 6) is -0.409. The van der Waals surface area contributed by atoms with E-state index in [-0.39, 0.29) is 23.2 Å². The van der Waals surface area contributed by atoms with Crippen molar-refractivity contribution in [3.8, 4) is 0 Å². The first kappa shape index (κ1) is 22.2. The molecule has 1 aromatic carbocycles. The van der Waals surface area contributed by atoms with Crippen LogP contribution in [0.4, 0.5) is 13.2 Å². The maximum Gasteiger partial charge on any atom is 0.523 e. The fourth-order valence-corrected chi connectivity index (χ4v) is 6.73. The van der Waals surface area contributed by atoms with Crippen LogP contribution in [0.3, 0.4) is 0 Å².